The van der Waals surface area contributed by atoms with E-state index in [1.165, 1.54) is 24.5 Å². The summed E-state index contributed by atoms with van der Waals surface area (Å²) < 4.78 is 31.8. The number of likely N-dealkylation sites (tertiary alicyclic amines) is 1. The van der Waals surface area contributed by atoms with Crippen LogP contribution in [0.1, 0.15) is 58.5 Å². The van der Waals surface area contributed by atoms with Gasteiger partial charge in [-0.15, -0.1) is 21.5 Å². The Hall–Kier alpha value is -3.68. The van der Waals surface area contributed by atoms with E-state index < -0.39 is 15.6 Å². The molecule has 4 aromatic rings. The fraction of sp³-hybridized carbons (Fsp3) is 0.370. The van der Waals surface area contributed by atoms with Crippen molar-refractivity contribution in [1.82, 2.24) is 25.1 Å². The van der Waals surface area contributed by atoms with Gasteiger partial charge in [-0.3, -0.25) is 9.10 Å². The fourth-order valence-corrected chi connectivity index (χ4v) is 6.06. The summed E-state index contributed by atoms with van der Waals surface area (Å²) >= 11 is 1.52. The maximum Gasteiger partial charge on any atom is 0.273 e. The zero-order valence-electron chi connectivity index (χ0n) is 22.7. The Morgan fingerprint density at radius 2 is 1.98 bits per heavy atom. The monoisotopic (exact) mass is 581 g/mol. The number of anilines is 1. The van der Waals surface area contributed by atoms with E-state index in [9.17, 15) is 13.2 Å². The molecule has 1 fully saturated rings. The number of benzene rings is 1. The van der Waals surface area contributed by atoms with Gasteiger partial charge in [0.25, 0.3) is 5.91 Å². The smallest absolute Gasteiger partial charge is 0.273 e. The molecule has 0 aliphatic carbocycles. The third-order valence-corrected chi connectivity index (χ3v) is 9.11. The first-order chi connectivity index (χ1) is 18.9. The molecule has 1 aromatic carbocycles. The second-order valence-electron chi connectivity index (χ2n) is 10.3. The molecule has 0 spiro atoms. The molecule has 1 aliphatic heterocycles. The van der Waals surface area contributed by atoms with Gasteiger partial charge in [0.15, 0.2) is 0 Å². The van der Waals surface area contributed by atoms with Crippen molar-refractivity contribution in [3.63, 3.8) is 0 Å². The molecular formula is C27H31N7O4S2. The number of sulfonamides is 1. The Morgan fingerprint density at radius 3 is 2.65 bits per heavy atom. The molecule has 2 N–H and O–H groups in total. The van der Waals surface area contributed by atoms with Crippen LogP contribution >= 0.6 is 11.3 Å². The quantitative estimate of drug-likeness (QED) is 0.329. The first-order valence-electron chi connectivity index (χ1n) is 12.8. The molecule has 3 aromatic heterocycles. The molecule has 0 radical (unpaired) electrons. The predicted molar refractivity (Wildman–Crippen MR) is 152 cm³/mol. The molecule has 11 nitrogen and oxygen atoms in total. The molecule has 1 saturated heterocycles. The van der Waals surface area contributed by atoms with Gasteiger partial charge in [-0.2, -0.15) is 0 Å². The number of pyridine rings is 1. The number of aryl methyl sites for hydroxylation is 1. The normalized spacial score (nSPS) is 17.1. The van der Waals surface area contributed by atoms with Gasteiger partial charge < -0.3 is 15.1 Å². The highest BCUT2D eigenvalue weighted by Gasteiger charge is 2.34. The molecule has 0 bridgehead atoms. The molecule has 1 amide bonds. The van der Waals surface area contributed by atoms with Crippen molar-refractivity contribution >= 4 is 33.1 Å². The van der Waals surface area contributed by atoms with Crippen LogP contribution in [0, 0.1) is 6.92 Å². The molecule has 13 heteroatoms. The maximum absolute atomic E-state index is 13.8. The van der Waals surface area contributed by atoms with Crippen molar-refractivity contribution in [3.05, 3.63) is 75.7 Å². The van der Waals surface area contributed by atoms with Crippen molar-refractivity contribution in [1.29, 1.82) is 0 Å². The van der Waals surface area contributed by atoms with Gasteiger partial charge in [0.05, 0.1) is 17.8 Å². The van der Waals surface area contributed by atoms with E-state index in [-0.39, 0.29) is 35.2 Å². The highest BCUT2D eigenvalue weighted by Crippen LogP contribution is 2.36. The van der Waals surface area contributed by atoms with Gasteiger partial charge in [-0.1, -0.05) is 30.3 Å². The average molecular weight is 582 g/mol. The maximum atomic E-state index is 13.8. The number of nitrogens with zero attached hydrogens (tertiary/aromatic N) is 6. The first-order valence-corrected chi connectivity index (χ1v) is 15.5. The van der Waals surface area contributed by atoms with Gasteiger partial charge in [-0.25, -0.2) is 18.4 Å². The summed E-state index contributed by atoms with van der Waals surface area (Å²) in [7, 11) is -2.29. The summed E-state index contributed by atoms with van der Waals surface area (Å²) in [6.45, 7) is 4.26. The standard InChI is InChI=1S/C27H31N7O4S2/c1-17-16-39-24(29-17)21-11-8-12-34(21)25(35)20-13-19(14-22(30-20)33(3)40(4,36)37)23-31-32-26(38-23)27(2,28)15-18-9-6-5-7-10-18/h5-7,9-10,13-14,16,21H,8,11-12,15,28H2,1-4H3/t21?,27-/m1/s1. The van der Waals surface area contributed by atoms with Crippen LogP contribution in [0.4, 0.5) is 5.82 Å². The van der Waals surface area contributed by atoms with Crippen molar-refractivity contribution in [2.24, 2.45) is 5.73 Å². The Kier molecular flexibility index (Phi) is 7.46. The number of rotatable bonds is 8. The second kappa shape index (κ2) is 10.7. The topological polar surface area (TPSA) is 148 Å². The summed E-state index contributed by atoms with van der Waals surface area (Å²) in [6.07, 6.45) is 3.15. The molecule has 4 heterocycles. The predicted octanol–water partition coefficient (Wildman–Crippen LogP) is 3.69. The van der Waals surface area contributed by atoms with Crippen LogP contribution in [-0.4, -0.2) is 59.2 Å². The zero-order valence-corrected chi connectivity index (χ0v) is 24.4. The van der Waals surface area contributed by atoms with Crippen LogP contribution in [0.15, 0.2) is 52.3 Å². The van der Waals surface area contributed by atoms with Gasteiger partial charge in [-0.05, 0) is 50.8 Å². The third-order valence-electron chi connectivity index (χ3n) is 6.86. The highest BCUT2D eigenvalue weighted by atomic mass is 32.2. The Balaban J connectivity index is 1.51. The number of aromatic nitrogens is 4. The van der Waals surface area contributed by atoms with E-state index in [4.69, 9.17) is 10.2 Å². The number of carbonyl (C=O) groups is 1. The van der Waals surface area contributed by atoms with Crippen LogP contribution in [0.25, 0.3) is 11.5 Å². The summed E-state index contributed by atoms with van der Waals surface area (Å²) in [5.41, 5.74) is 7.96. The molecule has 1 unspecified atom stereocenters. The zero-order chi connectivity index (χ0) is 28.7. The Bertz CT molecular complexity index is 1630. The van der Waals surface area contributed by atoms with E-state index in [0.717, 1.165) is 39.7 Å². The van der Waals surface area contributed by atoms with E-state index in [0.29, 0.717) is 18.5 Å². The van der Waals surface area contributed by atoms with Crippen LogP contribution in [0.3, 0.4) is 0 Å². The van der Waals surface area contributed by atoms with Crippen molar-refractivity contribution in [2.75, 3.05) is 24.2 Å². The third kappa shape index (κ3) is 5.76. The number of hydrogen-bond donors (Lipinski definition) is 1. The molecule has 0 saturated carbocycles. The van der Waals surface area contributed by atoms with Gasteiger partial charge in [0.1, 0.15) is 16.5 Å². The molecule has 2 atom stereocenters. The molecular weight excluding hydrogens is 550 g/mol. The van der Waals surface area contributed by atoms with Crippen LogP contribution in [-0.2, 0) is 22.0 Å². The first kappa shape index (κ1) is 27.9. The molecule has 1 aliphatic rings. The van der Waals surface area contributed by atoms with Crippen LogP contribution in [0.5, 0.6) is 0 Å². The van der Waals surface area contributed by atoms with Crippen molar-refractivity contribution in [3.8, 4) is 11.5 Å². The minimum atomic E-state index is -3.67. The lowest BCUT2D eigenvalue weighted by Crippen LogP contribution is -2.35. The number of carbonyl (C=O) groups excluding carboxylic acids is 1. The van der Waals surface area contributed by atoms with E-state index in [1.807, 2.05) is 42.6 Å². The van der Waals surface area contributed by atoms with E-state index in [1.54, 1.807) is 17.9 Å². The summed E-state index contributed by atoms with van der Waals surface area (Å²) in [5.74, 6) is 0.0530. The minimum Gasteiger partial charge on any atom is -0.419 e. The minimum absolute atomic E-state index is 0.0590. The SMILES string of the molecule is Cc1csc(C2CCCN2C(=O)c2cc(-c3nnc([C@](C)(N)Cc4ccccc4)o3)cc(N(C)S(C)(=O)=O)n2)n1. The average Bonchev–Trinajstić information content (AvgIpc) is 3.68. The van der Waals surface area contributed by atoms with Crippen molar-refractivity contribution in [2.45, 2.75) is 44.7 Å². The van der Waals surface area contributed by atoms with Crippen LogP contribution < -0.4 is 10.0 Å². The molecule has 5 rings (SSSR count). The van der Waals surface area contributed by atoms with Gasteiger partial charge in [0.2, 0.25) is 21.8 Å². The van der Waals surface area contributed by atoms with Crippen LogP contribution in [0.2, 0.25) is 0 Å². The van der Waals surface area contributed by atoms with E-state index in [2.05, 4.69) is 20.2 Å². The van der Waals surface area contributed by atoms with Crippen molar-refractivity contribution < 1.29 is 17.6 Å². The van der Waals surface area contributed by atoms with Gasteiger partial charge in [0, 0.05) is 30.2 Å². The number of nitrogens with two attached hydrogens (primary N) is 1. The Labute approximate surface area is 237 Å². The highest BCUT2D eigenvalue weighted by molar-refractivity contribution is 7.92. The lowest BCUT2D eigenvalue weighted by Gasteiger charge is -2.24. The largest absolute Gasteiger partial charge is 0.419 e. The summed E-state index contributed by atoms with van der Waals surface area (Å²) in [5, 5.41) is 11.2. The van der Waals surface area contributed by atoms with E-state index >= 15 is 0 Å². The number of hydrogen-bond acceptors (Lipinski definition) is 10. The Morgan fingerprint density at radius 1 is 1.23 bits per heavy atom. The molecule has 210 valence electrons. The van der Waals surface area contributed by atoms with Gasteiger partial charge >= 0.3 is 0 Å². The second-order valence-corrected chi connectivity index (χ2v) is 13.2. The number of amides is 1. The molecule has 40 heavy (non-hydrogen) atoms. The lowest BCUT2D eigenvalue weighted by atomic mass is 9.94. The summed E-state index contributed by atoms with van der Waals surface area (Å²) in [6, 6.07) is 12.6. The lowest BCUT2D eigenvalue weighted by molar-refractivity contribution is 0.0729. The fourth-order valence-electron chi connectivity index (χ4n) is 4.69. The number of thiazole rings is 1. The summed E-state index contributed by atoms with van der Waals surface area (Å²) in [4.78, 5) is 24.6.